The minimum atomic E-state index is -3.69. The van der Waals surface area contributed by atoms with Crippen molar-refractivity contribution in [1.29, 1.82) is 0 Å². The number of carbonyl (C=O) groups excluding carboxylic acids is 2. The van der Waals surface area contributed by atoms with Gasteiger partial charge < -0.3 is 4.52 Å². The number of sulfonamides is 1. The van der Waals surface area contributed by atoms with Crippen LogP contribution >= 0.6 is 0 Å². The summed E-state index contributed by atoms with van der Waals surface area (Å²) in [6.07, 6.45) is 0.762. The van der Waals surface area contributed by atoms with E-state index in [4.69, 9.17) is 4.52 Å². The molecule has 2 heterocycles. The van der Waals surface area contributed by atoms with Crippen LogP contribution in [0.15, 0.2) is 9.42 Å². The lowest BCUT2D eigenvalue weighted by molar-refractivity contribution is -0.133. The highest BCUT2D eigenvalue weighted by molar-refractivity contribution is 7.89. The quantitative estimate of drug-likeness (QED) is 0.742. The number of rotatable bonds is 4. The standard InChI is InChI=1S/C15H24N4O5S/c1-9(2)14(20)16-17-15(21)12-5-7-19(8-6-12)25(22,23)13-10(3)18-24-11(13)4/h9,12H,5-8H2,1-4H3,(H,16,20)(H,17,21). The summed E-state index contributed by atoms with van der Waals surface area (Å²) in [5, 5.41) is 3.69. The first-order chi connectivity index (χ1) is 11.6. The van der Waals surface area contributed by atoms with E-state index >= 15 is 0 Å². The van der Waals surface area contributed by atoms with Gasteiger partial charge in [0.05, 0.1) is 0 Å². The van der Waals surface area contributed by atoms with Crippen LogP contribution in [0.2, 0.25) is 0 Å². The SMILES string of the molecule is Cc1noc(C)c1S(=O)(=O)N1CCC(C(=O)NNC(=O)C(C)C)CC1. The number of aryl methyl sites for hydroxylation is 2. The van der Waals surface area contributed by atoms with Gasteiger partial charge >= 0.3 is 0 Å². The largest absolute Gasteiger partial charge is 0.360 e. The van der Waals surface area contributed by atoms with Gasteiger partial charge in [-0.2, -0.15) is 4.31 Å². The van der Waals surface area contributed by atoms with Crippen LogP contribution < -0.4 is 10.9 Å². The fraction of sp³-hybridized carbons (Fsp3) is 0.667. The Labute approximate surface area is 147 Å². The van der Waals surface area contributed by atoms with Crippen LogP contribution in [0.1, 0.15) is 38.1 Å². The second-order valence-corrected chi connectivity index (χ2v) is 8.34. The molecule has 1 aliphatic heterocycles. The number of hydrogen-bond donors (Lipinski definition) is 2. The highest BCUT2D eigenvalue weighted by Gasteiger charge is 2.35. The van der Waals surface area contributed by atoms with Crippen molar-refractivity contribution in [2.75, 3.05) is 13.1 Å². The van der Waals surface area contributed by atoms with Crippen molar-refractivity contribution < 1.29 is 22.5 Å². The van der Waals surface area contributed by atoms with Gasteiger partial charge in [-0.05, 0) is 26.7 Å². The van der Waals surface area contributed by atoms with Gasteiger partial charge in [-0.15, -0.1) is 0 Å². The van der Waals surface area contributed by atoms with Crippen LogP contribution in [-0.2, 0) is 19.6 Å². The fourth-order valence-electron chi connectivity index (χ4n) is 2.70. The van der Waals surface area contributed by atoms with E-state index in [2.05, 4.69) is 16.0 Å². The molecular weight excluding hydrogens is 348 g/mol. The predicted octanol–water partition coefficient (Wildman–Crippen LogP) is 0.496. The maximum absolute atomic E-state index is 12.7. The fourth-order valence-corrected chi connectivity index (χ4v) is 4.46. The molecular formula is C15H24N4O5S. The topological polar surface area (TPSA) is 122 Å². The van der Waals surface area contributed by atoms with Gasteiger partial charge in [-0.3, -0.25) is 20.4 Å². The molecule has 1 aromatic rings. The van der Waals surface area contributed by atoms with Crippen LogP contribution in [0.5, 0.6) is 0 Å². The van der Waals surface area contributed by atoms with E-state index in [1.165, 1.54) is 4.31 Å². The minimum Gasteiger partial charge on any atom is -0.360 e. The molecule has 0 aromatic carbocycles. The van der Waals surface area contributed by atoms with Gasteiger partial charge in [-0.25, -0.2) is 8.42 Å². The minimum absolute atomic E-state index is 0.0969. The molecule has 2 rings (SSSR count). The average molecular weight is 372 g/mol. The molecule has 140 valence electrons. The summed E-state index contributed by atoms with van der Waals surface area (Å²) < 4.78 is 31.7. The number of nitrogens with one attached hydrogen (secondary N) is 2. The lowest BCUT2D eigenvalue weighted by Gasteiger charge is -2.30. The zero-order valence-electron chi connectivity index (χ0n) is 14.8. The molecule has 1 fully saturated rings. The molecule has 25 heavy (non-hydrogen) atoms. The first-order valence-electron chi connectivity index (χ1n) is 8.17. The van der Waals surface area contributed by atoms with Crippen molar-refractivity contribution in [3.8, 4) is 0 Å². The highest BCUT2D eigenvalue weighted by atomic mass is 32.2. The number of piperidine rings is 1. The Kier molecular flexibility index (Phi) is 5.83. The predicted molar refractivity (Wildman–Crippen MR) is 88.6 cm³/mol. The number of hydrogen-bond acceptors (Lipinski definition) is 6. The molecule has 0 unspecified atom stereocenters. The number of hydrazine groups is 1. The molecule has 0 saturated carbocycles. The maximum atomic E-state index is 12.7. The summed E-state index contributed by atoms with van der Waals surface area (Å²) in [7, 11) is -3.69. The third-order valence-electron chi connectivity index (χ3n) is 4.22. The first kappa shape index (κ1) is 19.4. The molecule has 10 heteroatoms. The lowest BCUT2D eigenvalue weighted by Crippen LogP contribution is -2.49. The number of nitrogens with zero attached hydrogens (tertiary/aromatic N) is 2. The van der Waals surface area contributed by atoms with Crippen molar-refractivity contribution in [2.24, 2.45) is 11.8 Å². The number of amides is 2. The smallest absolute Gasteiger partial charge is 0.248 e. The molecule has 2 N–H and O–H groups in total. The average Bonchev–Trinajstić information content (AvgIpc) is 2.91. The van der Waals surface area contributed by atoms with E-state index in [0.717, 1.165) is 0 Å². The second-order valence-electron chi connectivity index (χ2n) is 6.46. The van der Waals surface area contributed by atoms with Gasteiger partial charge in [0.25, 0.3) is 0 Å². The number of aromatic nitrogens is 1. The maximum Gasteiger partial charge on any atom is 0.248 e. The summed E-state index contributed by atoms with van der Waals surface area (Å²) >= 11 is 0. The van der Waals surface area contributed by atoms with Crippen molar-refractivity contribution in [2.45, 2.75) is 45.4 Å². The monoisotopic (exact) mass is 372 g/mol. The van der Waals surface area contributed by atoms with E-state index in [-0.39, 0.29) is 47.4 Å². The molecule has 0 radical (unpaired) electrons. The van der Waals surface area contributed by atoms with E-state index in [1.807, 2.05) is 0 Å². The Bertz CT molecular complexity index is 728. The lowest BCUT2D eigenvalue weighted by atomic mass is 9.98. The van der Waals surface area contributed by atoms with Gasteiger partial charge in [0.15, 0.2) is 5.76 Å². The molecule has 1 saturated heterocycles. The summed E-state index contributed by atoms with van der Waals surface area (Å²) in [5.74, 6) is -0.894. The normalized spacial score (nSPS) is 16.8. The van der Waals surface area contributed by atoms with E-state index in [9.17, 15) is 18.0 Å². The third kappa shape index (κ3) is 4.18. The Balaban J connectivity index is 1.95. The van der Waals surface area contributed by atoms with Crippen molar-refractivity contribution in [1.82, 2.24) is 20.3 Å². The number of carbonyl (C=O) groups is 2. The van der Waals surface area contributed by atoms with Crippen LogP contribution in [0.3, 0.4) is 0 Å². The van der Waals surface area contributed by atoms with Crippen LogP contribution in [0.25, 0.3) is 0 Å². The molecule has 1 aromatic heterocycles. The second kappa shape index (κ2) is 7.52. The van der Waals surface area contributed by atoms with E-state index in [1.54, 1.807) is 27.7 Å². The zero-order valence-corrected chi connectivity index (χ0v) is 15.6. The van der Waals surface area contributed by atoms with Gasteiger partial charge in [0, 0.05) is 24.9 Å². The van der Waals surface area contributed by atoms with Crippen LogP contribution in [-0.4, -0.2) is 42.8 Å². The van der Waals surface area contributed by atoms with Crippen molar-refractivity contribution >= 4 is 21.8 Å². The van der Waals surface area contributed by atoms with E-state index < -0.39 is 10.0 Å². The first-order valence-corrected chi connectivity index (χ1v) is 9.61. The Morgan fingerprint density at radius 1 is 1.20 bits per heavy atom. The van der Waals surface area contributed by atoms with Gasteiger partial charge in [0.2, 0.25) is 21.8 Å². The molecule has 9 nitrogen and oxygen atoms in total. The van der Waals surface area contributed by atoms with Crippen LogP contribution in [0, 0.1) is 25.7 Å². The molecule has 0 atom stereocenters. The summed E-state index contributed by atoms with van der Waals surface area (Å²) in [6, 6.07) is 0. The van der Waals surface area contributed by atoms with Gasteiger partial charge in [0.1, 0.15) is 10.6 Å². The summed E-state index contributed by atoms with van der Waals surface area (Å²) in [4.78, 5) is 23.7. The highest BCUT2D eigenvalue weighted by Crippen LogP contribution is 2.27. The van der Waals surface area contributed by atoms with Crippen molar-refractivity contribution in [3.05, 3.63) is 11.5 Å². The van der Waals surface area contributed by atoms with Gasteiger partial charge in [-0.1, -0.05) is 19.0 Å². The summed E-state index contributed by atoms with van der Waals surface area (Å²) in [5.41, 5.74) is 5.10. The molecule has 0 aliphatic carbocycles. The zero-order chi connectivity index (χ0) is 18.8. The molecule has 0 spiro atoms. The van der Waals surface area contributed by atoms with E-state index in [0.29, 0.717) is 18.5 Å². The van der Waals surface area contributed by atoms with Crippen molar-refractivity contribution in [3.63, 3.8) is 0 Å². The molecule has 0 bridgehead atoms. The Morgan fingerprint density at radius 2 is 1.80 bits per heavy atom. The Hall–Kier alpha value is -1.94. The summed E-state index contributed by atoms with van der Waals surface area (Å²) in [6.45, 7) is 7.04. The third-order valence-corrected chi connectivity index (χ3v) is 6.37. The molecule has 1 aliphatic rings. The molecule has 2 amide bonds. The van der Waals surface area contributed by atoms with Crippen LogP contribution in [0.4, 0.5) is 0 Å². The Morgan fingerprint density at radius 3 is 2.28 bits per heavy atom.